The van der Waals surface area contributed by atoms with Gasteiger partial charge in [0.25, 0.3) is 0 Å². The van der Waals surface area contributed by atoms with E-state index >= 15 is 0 Å². The first-order chi connectivity index (χ1) is 17.0. The zero-order chi connectivity index (χ0) is 26.2. The molecule has 0 saturated heterocycles. The van der Waals surface area contributed by atoms with Gasteiger partial charge in [0.15, 0.2) is 17.3 Å². The molecule has 0 aromatic heterocycles. The summed E-state index contributed by atoms with van der Waals surface area (Å²) in [4.78, 5) is 13.2. The number of phenolic OH excluding ortho intramolecular Hbond substituents is 3. The lowest BCUT2D eigenvalue weighted by Gasteiger charge is -2.38. The van der Waals surface area contributed by atoms with Crippen molar-refractivity contribution in [2.24, 2.45) is 0 Å². The van der Waals surface area contributed by atoms with Gasteiger partial charge in [-0.25, -0.2) is 0 Å². The van der Waals surface area contributed by atoms with Crippen molar-refractivity contribution in [1.82, 2.24) is 0 Å². The minimum Gasteiger partial charge on any atom is -0.507 e. The molecule has 2 atom stereocenters. The van der Waals surface area contributed by atoms with Crippen molar-refractivity contribution in [2.75, 3.05) is 0 Å². The smallest absolute Gasteiger partial charge is 0.174 e. The molecule has 2 heterocycles. The molecule has 0 spiro atoms. The highest BCUT2D eigenvalue weighted by Crippen LogP contribution is 2.49. The van der Waals surface area contributed by atoms with E-state index in [4.69, 9.17) is 9.47 Å². The maximum absolute atomic E-state index is 13.2. The summed E-state index contributed by atoms with van der Waals surface area (Å²) in [6.45, 7) is 10.1. The number of carbonyl (C=O) groups excluding carboxylic acids is 1. The van der Waals surface area contributed by atoms with Gasteiger partial charge in [0.1, 0.15) is 34.5 Å². The average Bonchev–Trinajstić information content (AvgIpc) is 2.78. The molecule has 0 saturated carbocycles. The number of benzene rings is 2. The van der Waals surface area contributed by atoms with Crippen molar-refractivity contribution in [1.29, 1.82) is 0 Å². The summed E-state index contributed by atoms with van der Waals surface area (Å²) in [6.07, 6.45) is 7.02. The van der Waals surface area contributed by atoms with Gasteiger partial charge in [-0.2, -0.15) is 0 Å². The van der Waals surface area contributed by atoms with Gasteiger partial charge in [-0.3, -0.25) is 4.79 Å². The number of carbonyl (C=O) groups is 1. The Morgan fingerprint density at radius 3 is 2.50 bits per heavy atom. The molecule has 2 aliphatic heterocycles. The third-order valence-corrected chi connectivity index (χ3v) is 7.08. The predicted molar refractivity (Wildman–Crippen MR) is 139 cm³/mol. The second-order valence-corrected chi connectivity index (χ2v) is 10.7. The number of fused-ring (bicyclic) bond motifs is 2. The van der Waals surface area contributed by atoms with Gasteiger partial charge in [0.05, 0.1) is 6.42 Å². The topological polar surface area (TPSA) is 96.2 Å². The minimum absolute atomic E-state index is 0.0441. The number of hydrogen-bond acceptors (Lipinski definition) is 6. The average molecular weight is 493 g/mol. The van der Waals surface area contributed by atoms with Crippen LogP contribution >= 0.6 is 0 Å². The fourth-order valence-corrected chi connectivity index (χ4v) is 5.01. The highest BCUT2D eigenvalue weighted by atomic mass is 16.5. The number of ketones is 1. The van der Waals surface area contributed by atoms with Crippen LogP contribution in [0.15, 0.2) is 41.5 Å². The van der Waals surface area contributed by atoms with Crippen LogP contribution in [0.3, 0.4) is 0 Å². The second-order valence-electron chi connectivity index (χ2n) is 10.7. The highest BCUT2D eigenvalue weighted by Gasteiger charge is 2.38. The summed E-state index contributed by atoms with van der Waals surface area (Å²) in [5.74, 6) is 0.0980. The number of phenols is 3. The molecular formula is C30H36O6. The Balaban J connectivity index is 1.64. The normalized spacial score (nSPS) is 20.5. The number of rotatable bonds is 6. The lowest BCUT2D eigenvalue weighted by atomic mass is 9.84. The lowest BCUT2D eigenvalue weighted by Crippen LogP contribution is -2.37. The maximum atomic E-state index is 13.2. The lowest BCUT2D eigenvalue weighted by molar-refractivity contribution is 0.0520. The zero-order valence-electron chi connectivity index (χ0n) is 21.8. The standard InChI is InChI=1S/C30H36O6/c1-17(2)7-6-13-30(5)14-12-20-19(10-11-22(31)29(20)36-30)25-16-24(33)27-26(35-25)15-23(32)21(28(27)34)9-8-18(3)4/h7-8,10-11,15,25,31-32,34H,6,9,12-14,16H2,1-5H3/t25-,30+/m0/s1. The third kappa shape index (κ3) is 5.08. The Morgan fingerprint density at radius 1 is 1.08 bits per heavy atom. The first kappa shape index (κ1) is 25.7. The molecule has 0 fully saturated rings. The molecule has 6 heteroatoms. The molecule has 2 aliphatic rings. The molecule has 0 radical (unpaired) electrons. The van der Waals surface area contributed by atoms with Crippen LogP contribution in [0, 0.1) is 0 Å². The summed E-state index contributed by atoms with van der Waals surface area (Å²) in [5.41, 5.74) is 3.95. The van der Waals surface area contributed by atoms with Gasteiger partial charge in [-0.1, -0.05) is 29.4 Å². The van der Waals surface area contributed by atoms with Gasteiger partial charge < -0.3 is 24.8 Å². The minimum atomic E-state index is -0.611. The van der Waals surface area contributed by atoms with Crippen molar-refractivity contribution >= 4 is 5.78 Å². The van der Waals surface area contributed by atoms with Gasteiger partial charge in [-0.05, 0) is 78.4 Å². The molecule has 4 rings (SSSR count). The SMILES string of the molecule is CC(C)=CCC[C@]1(C)CCc2c([C@@H]3CC(=O)c4c(cc(O)c(CC=C(C)C)c4O)O3)ccc(O)c2O1. The molecule has 0 aliphatic carbocycles. The zero-order valence-corrected chi connectivity index (χ0v) is 21.8. The van der Waals surface area contributed by atoms with Crippen LogP contribution in [0.1, 0.15) is 93.5 Å². The summed E-state index contributed by atoms with van der Waals surface area (Å²) < 4.78 is 12.5. The maximum Gasteiger partial charge on any atom is 0.174 e. The van der Waals surface area contributed by atoms with E-state index in [0.29, 0.717) is 24.2 Å². The molecular weight excluding hydrogens is 456 g/mol. The van der Waals surface area contributed by atoms with Gasteiger partial charge in [-0.15, -0.1) is 0 Å². The predicted octanol–water partition coefficient (Wildman–Crippen LogP) is 6.85. The Hall–Kier alpha value is -3.41. The Kier molecular flexibility index (Phi) is 7.07. The van der Waals surface area contributed by atoms with Crippen LogP contribution < -0.4 is 9.47 Å². The van der Waals surface area contributed by atoms with Gasteiger partial charge in [0, 0.05) is 17.2 Å². The highest BCUT2D eigenvalue weighted by molar-refractivity contribution is 6.03. The molecule has 2 aromatic carbocycles. The van der Waals surface area contributed by atoms with Crippen LogP contribution in [0.4, 0.5) is 0 Å². The van der Waals surface area contributed by atoms with E-state index in [1.807, 2.05) is 19.9 Å². The summed E-state index contributed by atoms with van der Waals surface area (Å²) in [5, 5.41) is 32.0. The Bertz CT molecular complexity index is 1250. The third-order valence-electron chi connectivity index (χ3n) is 7.08. The summed E-state index contributed by atoms with van der Waals surface area (Å²) in [6, 6.07) is 4.77. The van der Waals surface area contributed by atoms with Crippen LogP contribution in [0.25, 0.3) is 0 Å². The number of allylic oxidation sites excluding steroid dienone is 4. The Labute approximate surface area is 212 Å². The number of aromatic hydroxyl groups is 3. The molecule has 0 bridgehead atoms. The van der Waals surface area contributed by atoms with Gasteiger partial charge >= 0.3 is 0 Å². The molecule has 192 valence electrons. The van der Waals surface area contributed by atoms with E-state index in [9.17, 15) is 20.1 Å². The van der Waals surface area contributed by atoms with Crippen LogP contribution in [-0.2, 0) is 12.8 Å². The monoisotopic (exact) mass is 492 g/mol. The largest absolute Gasteiger partial charge is 0.507 e. The van der Waals surface area contributed by atoms with E-state index in [2.05, 4.69) is 26.8 Å². The number of Topliss-reactive ketones (excluding diaryl/α,β-unsaturated/α-hetero) is 1. The van der Waals surface area contributed by atoms with Crippen LogP contribution in [-0.4, -0.2) is 26.7 Å². The molecule has 36 heavy (non-hydrogen) atoms. The van der Waals surface area contributed by atoms with Gasteiger partial charge in [0.2, 0.25) is 0 Å². The fourth-order valence-electron chi connectivity index (χ4n) is 5.01. The summed E-state index contributed by atoms with van der Waals surface area (Å²) >= 11 is 0. The molecule has 0 unspecified atom stereocenters. The van der Waals surface area contributed by atoms with Crippen molar-refractivity contribution in [3.63, 3.8) is 0 Å². The molecule has 6 nitrogen and oxygen atoms in total. The molecule has 2 aromatic rings. The van der Waals surface area contributed by atoms with E-state index in [-0.39, 0.29) is 40.8 Å². The van der Waals surface area contributed by atoms with Crippen molar-refractivity contribution in [2.45, 2.75) is 84.8 Å². The van der Waals surface area contributed by atoms with Crippen LogP contribution in [0.2, 0.25) is 0 Å². The number of hydrogen-bond donors (Lipinski definition) is 3. The van der Waals surface area contributed by atoms with E-state index in [0.717, 1.165) is 36.0 Å². The van der Waals surface area contributed by atoms with E-state index in [1.54, 1.807) is 12.1 Å². The number of ether oxygens (including phenoxy) is 2. The van der Waals surface area contributed by atoms with Crippen molar-refractivity contribution < 1.29 is 29.6 Å². The van der Waals surface area contributed by atoms with E-state index < -0.39 is 11.7 Å². The Morgan fingerprint density at radius 2 is 1.81 bits per heavy atom. The van der Waals surface area contributed by atoms with Crippen molar-refractivity contribution in [3.8, 4) is 28.7 Å². The van der Waals surface area contributed by atoms with Crippen molar-refractivity contribution in [3.05, 3.63) is 63.8 Å². The van der Waals surface area contributed by atoms with E-state index in [1.165, 1.54) is 11.6 Å². The van der Waals surface area contributed by atoms with Crippen LogP contribution in [0.5, 0.6) is 28.7 Å². The molecule has 3 N–H and O–H groups in total. The first-order valence-corrected chi connectivity index (χ1v) is 12.6. The quantitative estimate of drug-likeness (QED) is 0.382. The summed E-state index contributed by atoms with van der Waals surface area (Å²) in [7, 11) is 0. The first-order valence-electron chi connectivity index (χ1n) is 12.6. The second kappa shape index (κ2) is 9.92. The molecule has 0 amide bonds. The fraction of sp³-hybridized carbons (Fsp3) is 0.433.